The zero-order valence-corrected chi connectivity index (χ0v) is 16.9. The van der Waals surface area contributed by atoms with E-state index in [0.717, 1.165) is 29.7 Å². The van der Waals surface area contributed by atoms with Crippen molar-refractivity contribution in [3.63, 3.8) is 0 Å². The van der Waals surface area contributed by atoms with E-state index >= 15 is 0 Å². The molecule has 4 rings (SSSR count). The van der Waals surface area contributed by atoms with Crippen LogP contribution >= 0.6 is 0 Å². The molecular formula is C26H26N2O2. The zero-order chi connectivity index (χ0) is 20.8. The maximum atomic E-state index is 13.2. The van der Waals surface area contributed by atoms with Gasteiger partial charge >= 0.3 is 0 Å². The molecule has 1 heterocycles. The molecule has 0 spiro atoms. The van der Waals surface area contributed by atoms with E-state index in [0.29, 0.717) is 13.1 Å². The van der Waals surface area contributed by atoms with Crippen molar-refractivity contribution in [2.45, 2.75) is 18.9 Å². The molecule has 3 aromatic rings. The van der Waals surface area contributed by atoms with Gasteiger partial charge in [-0.25, -0.2) is 0 Å². The minimum atomic E-state index is -0.376. The molecule has 1 amide bonds. The van der Waals surface area contributed by atoms with Gasteiger partial charge in [0.15, 0.2) is 5.78 Å². The highest BCUT2D eigenvalue weighted by atomic mass is 16.2. The lowest BCUT2D eigenvalue weighted by Crippen LogP contribution is -2.43. The number of para-hydroxylation sites is 1. The standard InChI is InChI=1S/C26H26N2O2/c29-25(21-12-6-2-7-13-21)22-16-18-28(19-17-22)24(20-10-4-1-5-11-20)26(30)27-23-14-8-3-9-15-23/h1-15,22,24H,16-19H2,(H,27,30)/t24-/m1/s1. The van der Waals surface area contributed by atoms with Gasteiger partial charge in [0.05, 0.1) is 0 Å². The second-order valence-electron chi connectivity index (χ2n) is 7.71. The van der Waals surface area contributed by atoms with Crippen molar-refractivity contribution in [2.24, 2.45) is 5.92 Å². The van der Waals surface area contributed by atoms with E-state index in [1.165, 1.54) is 0 Å². The third-order valence-corrected chi connectivity index (χ3v) is 5.73. The number of carbonyl (C=O) groups is 2. The minimum absolute atomic E-state index is 0.0113. The van der Waals surface area contributed by atoms with Gasteiger partial charge in [-0.05, 0) is 43.6 Å². The average Bonchev–Trinajstić information content (AvgIpc) is 2.81. The van der Waals surface area contributed by atoms with Crippen molar-refractivity contribution < 1.29 is 9.59 Å². The summed E-state index contributed by atoms with van der Waals surface area (Å²) in [6.07, 6.45) is 1.52. The molecule has 152 valence electrons. The zero-order valence-electron chi connectivity index (χ0n) is 16.9. The van der Waals surface area contributed by atoms with Crippen LogP contribution in [0.3, 0.4) is 0 Å². The van der Waals surface area contributed by atoms with Crippen molar-refractivity contribution in [3.05, 3.63) is 102 Å². The lowest BCUT2D eigenvalue weighted by atomic mass is 9.87. The maximum absolute atomic E-state index is 13.2. The van der Waals surface area contributed by atoms with Gasteiger partial charge in [-0.1, -0.05) is 78.9 Å². The number of nitrogens with one attached hydrogen (secondary N) is 1. The fourth-order valence-corrected chi connectivity index (χ4v) is 4.15. The van der Waals surface area contributed by atoms with Crippen LogP contribution in [0.4, 0.5) is 5.69 Å². The molecule has 3 aromatic carbocycles. The Morgan fingerprint density at radius 3 is 1.90 bits per heavy atom. The molecule has 0 radical (unpaired) electrons. The quantitative estimate of drug-likeness (QED) is 0.597. The Bertz CT molecular complexity index is 966. The summed E-state index contributed by atoms with van der Waals surface area (Å²) >= 11 is 0. The molecule has 1 aliphatic heterocycles. The molecule has 1 fully saturated rings. The number of benzene rings is 3. The molecule has 1 atom stereocenters. The topological polar surface area (TPSA) is 49.4 Å². The van der Waals surface area contributed by atoms with Crippen molar-refractivity contribution >= 4 is 17.4 Å². The summed E-state index contributed by atoms with van der Waals surface area (Å²) in [7, 11) is 0. The van der Waals surface area contributed by atoms with Crippen LogP contribution in [0.15, 0.2) is 91.0 Å². The van der Waals surface area contributed by atoms with Crippen molar-refractivity contribution in [1.82, 2.24) is 4.90 Å². The number of ketones is 1. The first kappa shape index (κ1) is 20.0. The van der Waals surface area contributed by atoms with Gasteiger partial charge in [0.25, 0.3) is 0 Å². The van der Waals surface area contributed by atoms with Crippen LogP contribution in [-0.2, 0) is 4.79 Å². The molecule has 0 aliphatic carbocycles. The molecule has 1 saturated heterocycles. The Kier molecular flexibility index (Phi) is 6.35. The summed E-state index contributed by atoms with van der Waals surface area (Å²) in [6.45, 7) is 1.43. The lowest BCUT2D eigenvalue weighted by molar-refractivity contribution is -0.122. The first-order valence-corrected chi connectivity index (χ1v) is 10.5. The number of hydrogen-bond donors (Lipinski definition) is 1. The average molecular weight is 399 g/mol. The number of Topliss-reactive ketones (excluding diaryl/α,β-unsaturated/α-hetero) is 1. The van der Waals surface area contributed by atoms with E-state index in [-0.39, 0.29) is 23.7 Å². The third kappa shape index (κ3) is 4.66. The van der Waals surface area contributed by atoms with Crippen LogP contribution in [0, 0.1) is 5.92 Å². The number of likely N-dealkylation sites (tertiary alicyclic amines) is 1. The normalized spacial score (nSPS) is 16.0. The Hall–Kier alpha value is -3.24. The Morgan fingerprint density at radius 2 is 1.30 bits per heavy atom. The number of rotatable bonds is 6. The summed E-state index contributed by atoms with van der Waals surface area (Å²) < 4.78 is 0. The second kappa shape index (κ2) is 9.51. The highest BCUT2D eigenvalue weighted by Gasteiger charge is 2.33. The van der Waals surface area contributed by atoms with Crippen molar-refractivity contribution in [2.75, 3.05) is 18.4 Å². The van der Waals surface area contributed by atoms with Gasteiger partial charge in [-0.3, -0.25) is 14.5 Å². The van der Waals surface area contributed by atoms with Crippen LogP contribution in [0.1, 0.15) is 34.8 Å². The van der Waals surface area contributed by atoms with E-state index < -0.39 is 0 Å². The molecule has 0 aromatic heterocycles. The van der Waals surface area contributed by atoms with Gasteiger partial charge in [-0.15, -0.1) is 0 Å². The van der Waals surface area contributed by atoms with E-state index in [2.05, 4.69) is 10.2 Å². The number of anilines is 1. The van der Waals surface area contributed by atoms with E-state index in [1.54, 1.807) is 0 Å². The lowest BCUT2D eigenvalue weighted by Gasteiger charge is -2.36. The molecule has 4 heteroatoms. The SMILES string of the molecule is O=C(c1ccccc1)C1CCN([C@@H](C(=O)Nc2ccccc2)c2ccccc2)CC1. The molecule has 1 aliphatic rings. The predicted octanol–water partition coefficient (Wildman–Crippen LogP) is 4.96. The Morgan fingerprint density at radius 1 is 0.767 bits per heavy atom. The van der Waals surface area contributed by atoms with Crippen LogP contribution in [0.5, 0.6) is 0 Å². The van der Waals surface area contributed by atoms with Gasteiger partial charge in [-0.2, -0.15) is 0 Å². The number of nitrogens with zero attached hydrogens (tertiary/aromatic N) is 1. The van der Waals surface area contributed by atoms with Crippen LogP contribution in [0.2, 0.25) is 0 Å². The van der Waals surface area contributed by atoms with Crippen LogP contribution < -0.4 is 5.32 Å². The van der Waals surface area contributed by atoms with Crippen molar-refractivity contribution in [3.8, 4) is 0 Å². The van der Waals surface area contributed by atoms with Gasteiger partial charge in [0, 0.05) is 17.2 Å². The molecule has 1 N–H and O–H groups in total. The van der Waals surface area contributed by atoms with Gasteiger partial charge < -0.3 is 5.32 Å². The summed E-state index contributed by atoms with van der Waals surface area (Å²) in [5.74, 6) is 0.178. The predicted molar refractivity (Wildman–Crippen MR) is 119 cm³/mol. The Labute approximate surface area is 177 Å². The second-order valence-corrected chi connectivity index (χ2v) is 7.71. The maximum Gasteiger partial charge on any atom is 0.246 e. The fourth-order valence-electron chi connectivity index (χ4n) is 4.15. The molecule has 0 bridgehead atoms. The van der Waals surface area contributed by atoms with Crippen molar-refractivity contribution in [1.29, 1.82) is 0 Å². The first-order valence-electron chi connectivity index (χ1n) is 10.5. The monoisotopic (exact) mass is 398 g/mol. The summed E-state index contributed by atoms with van der Waals surface area (Å²) in [5, 5.41) is 3.05. The van der Waals surface area contributed by atoms with Gasteiger partial charge in [0.1, 0.15) is 6.04 Å². The molecule has 30 heavy (non-hydrogen) atoms. The van der Waals surface area contributed by atoms with E-state index in [4.69, 9.17) is 0 Å². The summed E-state index contributed by atoms with van der Waals surface area (Å²) in [6, 6.07) is 28.5. The highest BCUT2D eigenvalue weighted by Crippen LogP contribution is 2.29. The third-order valence-electron chi connectivity index (χ3n) is 5.73. The number of carbonyl (C=O) groups excluding carboxylic acids is 2. The smallest absolute Gasteiger partial charge is 0.246 e. The summed E-state index contributed by atoms with van der Waals surface area (Å²) in [4.78, 5) is 28.2. The first-order chi connectivity index (χ1) is 14.7. The van der Waals surface area contributed by atoms with Crippen LogP contribution in [0.25, 0.3) is 0 Å². The van der Waals surface area contributed by atoms with E-state index in [9.17, 15) is 9.59 Å². The molecule has 0 unspecified atom stereocenters. The Balaban J connectivity index is 1.48. The largest absolute Gasteiger partial charge is 0.324 e. The van der Waals surface area contributed by atoms with Gasteiger partial charge in [0.2, 0.25) is 5.91 Å². The van der Waals surface area contributed by atoms with E-state index in [1.807, 2.05) is 91.0 Å². The minimum Gasteiger partial charge on any atom is -0.324 e. The number of piperidine rings is 1. The number of amides is 1. The molecular weight excluding hydrogens is 372 g/mol. The highest BCUT2D eigenvalue weighted by molar-refractivity contribution is 5.98. The molecule has 0 saturated carbocycles. The molecule has 4 nitrogen and oxygen atoms in total. The van der Waals surface area contributed by atoms with Crippen LogP contribution in [-0.4, -0.2) is 29.7 Å². The summed E-state index contributed by atoms with van der Waals surface area (Å²) in [5.41, 5.74) is 2.54. The number of hydrogen-bond acceptors (Lipinski definition) is 3. The fraction of sp³-hybridized carbons (Fsp3) is 0.231.